The number of amides is 6. The molecular weight excluding hydrogens is 660 g/mol. The van der Waals surface area contributed by atoms with Crippen LogP contribution < -0.4 is 15.4 Å². The zero-order valence-corrected chi connectivity index (χ0v) is 24.7. The molecule has 0 unspecified atom stereocenters. The van der Waals surface area contributed by atoms with Gasteiger partial charge in [-0.05, 0) is 55.2 Å². The van der Waals surface area contributed by atoms with Crippen molar-refractivity contribution in [3.63, 3.8) is 0 Å². The number of rotatable bonds is 3. The van der Waals surface area contributed by atoms with Crippen LogP contribution in [0.2, 0.25) is 0 Å². The Hall–Kier alpha value is -3.48. The number of imide groups is 4. The molecule has 0 bridgehead atoms. The van der Waals surface area contributed by atoms with Crippen LogP contribution in [0.5, 0.6) is 11.5 Å². The van der Waals surface area contributed by atoms with Crippen molar-refractivity contribution < 1.29 is 38.2 Å². The molecule has 218 valence electrons. The molecule has 0 radical (unpaired) electrons. The predicted octanol–water partition coefficient (Wildman–Crippen LogP) is 3.94. The summed E-state index contributed by atoms with van der Waals surface area (Å²) in [6.45, 7) is 0. The highest BCUT2D eigenvalue weighted by atomic mass is 79.9. The molecule has 2 saturated heterocycles. The number of methoxy groups -OCH3 is 1. The smallest absolute Gasteiger partial charge is 0.328 e. The number of benzene rings is 2. The maximum absolute atomic E-state index is 14.3. The number of halogens is 4. The molecule has 0 spiro atoms. The summed E-state index contributed by atoms with van der Waals surface area (Å²) >= 11 is 17.8. The van der Waals surface area contributed by atoms with E-state index in [1.165, 1.54) is 31.4 Å². The van der Waals surface area contributed by atoms with E-state index in [9.17, 15) is 33.5 Å². The number of nitrogens with zero attached hydrogens (tertiary/aromatic N) is 2. The second-order valence-corrected chi connectivity index (χ2v) is 12.8. The molecule has 3 N–H and O–H groups in total. The highest BCUT2D eigenvalue weighted by molar-refractivity contribution is 9.10. The molecule has 10 nitrogen and oxygen atoms in total. The number of aromatic hydroxyl groups is 1. The SMILES string of the molecule is COc1cc(Br)cc([C@H]2C3=CC[C@@H]4C(=O)N(C(N)=O)C(=O)[C@@H]4[C@@H]3C[C@@]3(Cl)C(=O)N(c4ccc(F)cc4)C(=O)[C@@]23Cl)c1O. The lowest BCUT2D eigenvalue weighted by molar-refractivity contribution is -0.136. The number of anilines is 1. The molecule has 2 aromatic rings. The van der Waals surface area contributed by atoms with Crippen molar-refractivity contribution >= 4 is 74.5 Å². The summed E-state index contributed by atoms with van der Waals surface area (Å²) in [6, 6.07) is 6.33. The summed E-state index contributed by atoms with van der Waals surface area (Å²) in [4.78, 5) is 63.7. The molecule has 6 rings (SSSR count). The monoisotopic (exact) mass is 679 g/mol. The molecule has 2 aliphatic carbocycles. The summed E-state index contributed by atoms with van der Waals surface area (Å²) in [5, 5.41) is 11.3. The molecular formula is C28H21BrCl2FN3O7. The number of ether oxygens (including phenoxy) is 1. The van der Waals surface area contributed by atoms with Crippen LogP contribution in [0.4, 0.5) is 14.9 Å². The Morgan fingerprint density at radius 2 is 1.76 bits per heavy atom. The van der Waals surface area contributed by atoms with Crippen LogP contribution in [0.3, 0.4) is 0 Å². The third-order valence-electron chi connectivity index (χ3n) is 8.72. The fourth-order valence-corrected chi connectivity index (χ4v) is 8.31. The Bertz CT molecular complexity index is 1650. The van der Waals surface area contributed by atoms with Gasteiger partial charge in [0.1, 0.15) is 5.82 Å². The lowest BCUT2D eigenvalue weighted by Crippen LogP contribution is -2.60. The maximum atomic E-state index is 14.3. The average molecular weight is 681 g/mol. The van der Waals surface area contributed by atoms with E-state index >= 15 is 0 Å². The minimum atomic E-state index is -2.26. The van der Waals surface area contributed by atoms with Gasteiger partial charge in [0.05, 0.1) is 24.6 Å². The summed E-state index contributed by atoms with van der Waals surface area (Å²) in [5.74, 6) is -8.80. The van der Waals surface area contributed by atoms with E-state index in [-0.39, 0.29) is 35.6 Å². The number of urea groups is 1. The van der Waals surface area contributed by atoms with Crippen molar-refractivity contribution in [2.45, 2.75) is 28.5 Å². The Morgan fingerprint density at radius 3 is 2.38 bits per heavy atom. The van der Waals surface area contributed by atoms with E-state index < -0.39 is 68.9 Å². The minimum Gasteiger partial charge on any atom is -0.504 e. The molecule has 6 atom stereocenters. The first-order valence-corrected chi connectivity index (χ1v) is 14.3. The number of phenols is 1. The van der Waals surface area contributed by atoms with Crippen LogP contribution >= 0.6 is 39.1 Å². The summed E-state index contributed by atoms with van der Waals surface area (Å²) < 4.78 is 19.5. The molecule has 6 amide bonds. The van der Waals surface area contributed by atoms with Crippen LogP contribution in [0.1, 0.15) is 24.3 Å². The molecule has 3 fully saturated rings. The highest BCUT2D eigenvalue weighted by Gasteiger charge is 2.77. The van der Waals surface area contributed by atoms with Crippen molar-refractivity contribution in [2.24, 2.45) is 23.5 Å². The molecule has 42 heavy (non-hydrogen) atoms. The van der Waals surface area contributed by atoms with Crippen LogP contribution in [0.15, 0.2) is 52.5 Å². The number of nitrogens with two attached hydrogens (primary N) is 1. The van der Waals surface area contributed by atoms with Gasteiger partial charge in [0.15, 0.2) is 21.2 Å². The van der Waals surface area contributed by atoms with Crippen molar-refractivity contribution in [1.29, 1.82) is 0 Å². The van der Waals surface area contributed by atoms with Crippen LogP contribution in [0, 0.1) is 23.6 Å². The fourth-order valence-electron chi connectivity index (χ4n) is 6.93. The van der Waals surface area contributed by atoms with Gasteiger partial charge in [0.25, 0.3) is 11.8 Å². The summed E-state index contributed by atoms with van der Waals surface area (Å²) in [6.07, 6.45) is 1.28. The molecule has 2 aliphatic heterocycles. The fraction of sp³-hybridized carbons (Fsp3) is 0.321. The van der Waals surface area contributed by atoms with Gasteiger partial charge >= 0.3 is 6.03 Å². The third kappa shape index (κ3) is 3.58. The first kappa shape index (κ1) is 28.6. The summed E-state index contributed by atoms with van der Waals surface area (Å²) in [5.41, 5.74) is 5.81. The van der Waals surface area contributed by atoms with Gasteiger partial charge in [-0.25, -0.2) is 14.1 Å². The lowest BCUT2D eigenvalue weighted by Gasteiger charge is -2.50. The van der Waals surface area contributed by atoms with E-state index in [4.69, 9.17) is 33.7 Å². The Balaban J connectivity index is 1.61. The number of likely N-dealkylation sites (tertiary alicyclic amines) is 1. The van der Waals surface area contributed by atoms with Crippen LogP contribution in [0.25, 0.3) is 0 Å². The largest absolute Gasteiger partial charge is 0.504 e. The predicted molar refractivity (Wildman–Crippen MR) is 150 cm³/mol. The Labute approximate surface area is 256 Å². The maximum Gasteiger partial charge on any atom is 0.328 e. The number of carbonyl (C=O) groups excluding carboxylic acids is 5. The third-order valence-corrected chi connectivity index (χ3v) is 10.6. The number of carbonyl (C=O) groups is 5. The summed E-state index contributed by atoms with van der Waals surface area (Å²) in [7, 11) is 1.32. The van der Waals surface area contributed by atoms with Gasteiger partial charge in [-0.2, -0.15) is 4.90 Å². The van der Waals surface area contributed by atoms with Crippen molar-refractivity contribution in [1.82, 2.24) is 4.90 Å². The van der Waals surface area contributed by atoms with E-state index in [0.717, 1.165) is 17.0 Å². The van der Waals surface area contributed by atoms with E-state index in [0.29, 0.717) is 14.9 Å². The van der Waals surface area contributed by atoms with Crippen molar-refractivity contribution in [2.75, 3.05) is 12.0 Å². The minimum absolute atomic E-state index is 0.000673. The molecule has 4 aliphatic rings. The normalized spacial score (nSPS) is 32.0. The van der Waals surface area contributed by atoms with Gasteiger partial charge < -0.3 is 15.6 Å². The van der Waals surface area contributed by atoms with Gasteiger partial charge in [-0.15, -0.1) is 23.2 Å². The molecule has 14 heteroatoms. The number of hydrogen-bond acceptors (Lipinski definition) is 7. The van der Waals surface area contributed by atoms with Gasteiger partial charge in [0, 0.05) is 16.0 Å². The number of primary amides is 1. The Kier molecular flexibility index (Phi) is 6.49. The van der Waals surface area contributed by atoms with Crippen molar-refractivity contribution in [3.05, 3.63) is 63.9 Å². The average Bonchev–Trinajstić information content (AvgIpc) is 3.28. The first-order chi connectivity index (χ1) is 19.8. The number of fused-ring (bicyclic) bond motifs is 4. The van der Waals surface area contributed by atoms with E-state index in [1.807, 2.05) is 0 Å². The number of phenolic OH excluding ortho intramolecular Hbond substituents is 1. The van der Waals surface area contributed by atoms with Crippen LogP contribution in [-0.4, -0.2) is 56.5 Å². The van der Waals surface area contributed by atoms with Gasteiger partial charge in [-0.1, -0.05) is 27.6 Å². The van der Waals surface area contributed by atoms with E-state index in [2.05, 4.69) is 15.9 Å². The molecule has 2 aromatic carbocycles. The quantitative estimate of drug-likeness (QED) is 0.284. The second kappa shape index (κ2) is 9.51. The molecule has 0 aromatic heterocycles. The first-order valence-electron chi connectivity index (χ1n) is 12.7. The number of allylic oxidation sites excluding steroid dienone is 2. The van der Waals surface area contributed by atoms with Crippen molar-refractivity contribution in [3.8, 4) is 11.5 Å². The van der Waals surface area contributed by atoms with Gasteiger partial charge in [-0.3, -0.25) is 19.2 Å². The van der Waals surface area contributed by atoms with Gasteiger partial charge in [0.2, 0.25) is 11.8 Å². The zero-order valence-electron chi connectivity index (χ0n) is 21.6. The van der Waals surface area contributed by atoms with Crippen LogP contribution in [-0.2, 0) is 19.2 Å². The lowest BCUT2D eigenvalue weighted by atomic mass is 9.56. The Morgan fingerprint density at radius 1 is 1.10 bits per heavy atom. The molecule has 1 saturated carbocycles. The number of hydrogen-bond donors (Lipinski definition) is 2. The molecule has 2 heterocycles. The zero-order chi connectivity index (χ0) is 30.5. The highest BCUT2D eigenvalue weighted by Crippen LogP contribution is 2.67. The standard InChI is InChI=1S/C28H21BrCl2FN3O7/c1-42-18-9-11(29)8-16(21(18)36)20-14-6-7-15-19(23(38)35(22(15)37)26(33)41)17(14)10-27(30)24(39)34(25(40)28(20,27)31)13-4-2-12(32)3-5-13/h2-6,8-9,15,17,19-20,36H,7,10H2,1H3,(H2,33,41)/t15-,17+,19-,20+,27+,28-/m0/s1. The second-order valence-electron chi connectivity index (χ2n) is 10.6. The number of alkyl halides is 2. The topological polar surface area (TPSA) is 147 Å². The van der Waals surface area contributed by atoms with E-state index in [1.54, 1.807) is 6.08 Å².